The van der Waals surface area contributed by atoms with Crippen molar-refractivity contribution in [1.29, 1.82) is 0 Å². The summed E-state index contributed by atoms with van der Waals surface area (Å²) in [5, 5.41) is 10.1. The van der Waals surface area contributed by atoms with Crippen LogP contribution in [-0.4, -0.2) is 15.0 Å². The normalized spacial score (nSPS) is 10.8. The standard InChI is InChI=1S/C15H10FNO2S/c16-11-5-3-6-12(9-11)20-17-13-7-2-1-4-10(13)8-14(17)15(18)19/h1-9H,(H,18,19). The summed E-state index contributed by atoms with van der Waals surface area (Å²) in [6.45, 7) is 0. The molecule has 0 amide bonds. The van der Waals surface area contributed by atoms with E-state index in [0.29, 0.717) is 4.90 Å². The Bertz CT molecular complexity index is 797. The number of carboxylic acid groups (broad SMARTS) is 1. The zero-order valence-corrected chi connectivity index (χ0v) is 11.1. The van der Waals surface area contributed by atoms with E-state index in [1.807, 2.05) is 24.3 Å². The van der Waals surface area contributed by atoms with Crippen molar-refractivity contribution in [2.75, 3.05) is 0 Å². The number of carbonyl (C=O) groups is 1. The van der Waals surface area contributed by atoms with Gasteiger partial charge in [0.05, 0.1) is 5.52 Å². The van der Waals surface area contributed by atoms with Crippen molar-refractivity contribution in [3.63, 3.8) is 0 Å². The molecule has 0 fully saturated rings. The van der Waals surface area contributed by atoms with E-state index in [-0.39, 0.29) is 11.5 Å². The first-order chi connectivity index (χ1) is 9.65. The fourth-order valence-corrected chi connectivity index (χ4v) is 3.02. The molecule has 1 N–H and O–H groups in total. The predicted octanol–water partition coefficient (Wildman–Crippen LogP) is 4.03. The summed E-state index contributed by atoms with van der Waals surface area (Å²) >= 11 is 1.19. The first-order valence-electron chi connectivity index (χ1n) is 5.93. The topological polar surface area (TPSA) is 42.2 Å². The van der Waals surface area contributed by atoms with Crippen LogP contribution in [0.3, 0.4) is 0 Å². The highest BCUT2D eigenvalue weighted by Gasteiger charge is 2.15. The Morgan fingerprint density at radius 1 is 1.10 bits per heavy atom. The molecule has 1 heterocycles. The molecule has 0 aliphatic rings. The fourth-order valence-electron chi connectivity index (χ4n) is 2.01. The molecule has 0 atom stereocenters. The van der Waals surface area contributed by atoms with Crippen LogP contribution in [0.25, 0.3) is 10.9 Å². The highest BCUT2D eigenvalue weighted by molar-refractivity contribution is 7.98. The second kappa shape index (κ2) is 5.02. The number of nitrogens with zero attached hydrogens (tertiary/aromatic N) is 1. The molecule has 0 unspecified atom stereocenters. The first-order valence-corrected chi connectivity index (χ1v) is 6.70. The van der Waals surface area contributed by atoms with Gasteiger partial charge in [-0.1, -0.05) is 24.3 Å². The van der Waals surface area contributed by atoms with Gasteiger partial charge in [0.1, 0.15) is 11.5 Å². The number of para-hydroxylation sites is 1. The van der Waals surface area contributed by atoms with E-state index in [0.717, 1.165) is 10.9 Å². The van der Waals surface area contributed by atoms with Gasteiger partial charge in [0, 0.05) is 10.3 Å². The molecule has 3 aromatic rings. The Hall–Kier alpha value is -2.27. The molecule has 20 heavy (non-hydrogen) atoms. The molecule has 3 rings (SSSR count). The smallest absolute Gasteiger partial charge is 0.353 e. The predicted molar refractivity (Wildman–Crippen MR) is 76.6 cm³/mol. The molecular formula is C15H10FNO2S. The van der Waals surface area contributed by atoms with E-state index < -0.39 is 5.97 Å². The molecule has 0 saturated heterocycles. The Labute approximate surface area is 118 Å². The molecule has 0 aliphatic carbocycles. The lowest BCUT2D eigenvalue weighted by atomic mass is 10.2. The lowest BCUT2D eigenvalue weighted by Crippen LogP contribution is -2.02. The maximum absolute atomic E-state index is 13.2. The van der Waals surface area contributed by atoms with E-state index >= 15 is 0 Å². The summed E-state index contributed by atoms with van der Waals surface area (Å²) in [5.74, 6) is -1.35. The zero-order valence-electron chi connectivity index (χ0n) is 10.3. The van der Waals surface area contributed by atoms with E-state index in [1.165, 1.54) is 24.1 Å². The molecule has 1 aromatic heterocycles. The van der Waals surface area contributed by atoms with Crippen molar-refractivity contribution in [1.82, 2.24) is 3.97 Å². The van der Waals surface area contributed by atoms with Gasteiger partial charge in [0.25, 0.3) is 0 Å². The van der Waals surface area contributed by atoms with Crippen LogP contribution in [0.1, 0.15) is 10.5 Å². The summed E-state index contributed by atoms with van der Waals surface area (Å²) in [6, 6.07) is 15.1. The van der Waals surface area contributed by atoms with Gasteiger partial charge in [0.2, 0.25) is 0 Å². The van der Waals surface area contributed by atoms with Crippen LogP contribution in [0, 0.1) is 5.82 Å². The van der Waals surface area contributed by atoms with Crippen LogP contribution in [0.2, 0.25) is 0 Å². The van der Waals surface area contributed by atoms with Crippen LogP contribution in [0.5, 0.6) is 0 Å². The minimum absolute atomic E-state index is 0.167. The molecule has 0 spiro atoms. The molecule has 0 radical (unpaired) electrons. The second-order valence-corrected chi connectivity index (χ2v) is 5.26. The Kier molecular flexibility index (Phi) is 3.20. The van der Waals surface area contributed by atoms with Gasteiger partial charge < -0.3 is 5.11 Å². The minimum Gasteiger partial charge on any atom is -0.477 e. The third kappa shape index (κ3) is 2.28. The first kappa shape index (κ1) is 12.7. The molecular weight excluding hydrogens is 277 g/mol. The Balaban J connectivity index is 2.14. The van der Waals surface area contributed by atoms with Gasteiger partial charge in [-0.15, -0.1) is 0 Å². The molecule has 100 valence electrons. The number of rotatable bonds is 3. The molecule has 0 aliphatic heterocycles. The fraction of sp³-hybridized carbons (Fsp3) is 0. The lowest BCUT2D eigenvalue weighted by Gasteiger charge is -2.07. The summed E-state index contributed by atoms with van der Waals surface area (Å²) in [6.07, 6.45) is 0. The van der Waals surface area contributed by atoms with Gasteiger partial charge in [0.15, 0.2) is 0 Å². The number of halogens is 1. The summed E-state index contributed by atoms with van der Waals surface area (Å²) in [5.41, 5.74) is 0.958. The number of benzene rings is 2. The van der Waals surface area contributed by atoms with E-state index in [2.05, 4.69) is 0 Å². The third-order valence-electron chi connectivity index (χ3n) is 2.88. The van der Waals surface area contributed by atoms with Crippen molar-refractivity contribution in [3.05, 3.63) is 66.1 Å². The molecule has 5 heteroatoms. The number of carboxylic acids is 1. The number of aromatic nitrogens is 1. The highest BCUT2D eigenvalue weighted by atomic mass is 32.2. The molecule has 3 nitrogen and oxygen atoms in total. The number of fused-ring (bicyclic) bond motifs is 1. The van der Waals surface area contributed by atoms with Gasteiger partial charge in [-0.3, -0.25) is 3.97 Å². The van der Waals surface area contributed by atoms with Crippen LogP contribution in [-0.2, 0) is 0 Å². The SMILES string of the molecule is O=C(O)c1cc2ccccc2n1Sc1cccc(F)c1. The van der Waals surface area contributed by atoms with E-state index in [1.54, 1.807) is 22.2 Å². The average Bonchev–Trinajstić information content (AvgIpc) is 2.78. The Morgan fingerprint density at radius 3 is 2.65 bits per heavy atom. The van der Waals surface area contributed by atoms with Gasteiger partial charge in [-0.25, -0.2) is 9.18 Å². The average molecular weight is 287 g/mol. The van der Waals surface area contributed by atoms with Crippen LogP contribution >= 0.6 is 11.9 Å². The minimum atomic E-state index is -1.01. The number of hydrogen-bond donors (Lipinski definition) is 1. The van der Waals surface area contributed by atoms with Gasteiger partial charge >= 0.3 is 5.97 Å². The quantitative estimate of drug-likeness (QED) is 0.790. The third-order valence-corrected chi connectivity index (χ3v) is 3.92. The molecule has 0 saturated carbocycles. The second-order valence-electron chi connectivity index (χ2n) is 4.24. The zero-order chi connectivity index (χ0) is 14.1. The van der Waals surface area contributed by atoms with E-state index in [9.17, 15) is 14.3 Å². The van der Waals surface area contributed by atoms with Crippen LogP contribution in [0.4, 0.5) is 4.39 Å². The Morgan fingerprint density at radius 2 is 1.90 bits per heavy atom. The van der Waals surface area contributed by atoms with Gasteiger partial charge in [-0.05, 0) is 42.3 Å². The van der Waals surface area contributed by atoms with Crippen LogP contribution in [0.15, 0.2) is 59.5 Å². The highest BCUT2D eigenvalue weighted by Crippen LogP contribution is 2.30. The summed E-state index contributed by atoms with van der Waals surface area (Å²) in [7, 11) is 0. The van der Waals surface area contributed by atoms with Crippen molar-refractivity contribution in [2.24, 2.45) is 0 Å². The maximum atomic E-state index is 13.2. The largest absolute Gasteiger partial charge is 0.477 e. The molecule has 0 bridgehead atoms. The number of hydrogen-bond acceptors (Lipinski definition) is 2. The maximum Gasteiger partial charge on any atom is 0.353 e. The van der Waals surface area contributed by atoms with E-state index in [4.69, 9.17) is 0 Å². The van der Waals surface area contributed by atoms with Crippen molar-refractivity contribution >= 4 is 28.8 Å². The summed E-state index contributed by atoms with van der Waals surface area (Å²) in [4.78, 5) is 12.0. The van der Waals surface area contributed by atoms with Crippen molar-refractivity contribution in [3.8, 4) is 0 Å². The van der Waals surface area contributed by atoms with Crippen LogP contribution < -0.4 is 0 Å². The summed E-state index contributed by atoms with van der Waals surface area (Å²) < 4.78 is 14.8. The number of aromatic carboxylic acids is 1. The van der Waals surface area contributed by atoms with Crippen molar-refractivity contribution < 1.29 is 14.3 Å². The van der Waals surface area contributed by atoms with Gasteiger partial charge in [-0.2, -0.15) is 0 Å². The lowest BCUT2D eigenvalue weighted by molar-refractivity contribution is 0.0690. The van der Waals surface area contributed by atoms with Crippen molar-refractivity contribution in [2.45, 2.75) is 4.90 Å². The molecule has 2 aromatic carbocycles. The monoisotopic (exact) mass is 287 g/mol.